The van der Waals surface area contributed by atoms with Crippen LogP contribution < -0.4 is 5.73 Å². The van der Waals surface area contributed by atoms with Gasteiger partial charge in [0.2, 0.25) is 0 Å². The van der Waals surface area contributed by atoms with Crippen molar-refractivity contribution in [3.63, 3.8) is 0 Å². The van der Waals surface area contributed by atoms with E-state index in [1.807, 2.05) is 25.2 Å². The number of nitrogens with zero attached hydrogens (tertiary/aromatic N) is 3. The lowest BCUT2D eigenvalue weighted by Gasteiger charge is -1.98. The van der Waals surface area contributed by atoms with E-state index in [1.165, 1.54) is 4.70 Å². The van der Waals surface area contributed by atoms with Crippen LogP contribution in [0.2, 0.25) is 0 Å². The number of thiazole rings is 1. The van der Waals surface area contributed by atoms with Gasteiger partial charge >= 0.3 is 0 Å². The molecule has 2 heterocycles. The van der Waals surface area contributed by atoms with Crippen LogP contribution in [-0.4, -0.2) is 14.8 Å². The van der Waals surface area contributed by atoms with Crippen molar-refractivity contribution in [3.8, 4) is 11.3 Å². The summed E-state index contributed by atoms with van der Waals surface area (Å²) in [5.41, 5.74) is 8.81. The highest BCUT2D eigenvalue weighted by Crippen LogP contribution is 2.33. The summed E-state index contributed by atoms with van der Waals surface area (Å²) in [4.78, 5) is 4.76. The van der Waals surface area contributed by atoms with Gasteiger partial charge in [0.05, 0.1) is 20.9 Å². The van der Waals surface area contributed by atoms with Crippen molar-refractivity contribution in [2.24, 2.45) is 7.05 Å². The number of aryl methyl sites for hydroxylation is 1. The Labute approximate surface area is 115 Å². The summed E-state index contributed by atoms with van der Waals surface area (Å²) in [7, 11) is 1.85. The van der Waals surface area contributed by atoms with Crippen LogP contribution in [0.3, 0.4) is 0 Å². The molecule has 4 nitrogen and oxygen atoms in total. The number of benzene rings is 1. The average Bonchev–Trinajstić information content (AvgIpc) is 2.93. The fraction of sp³-hybridized carbons (Fsp3) is 0.286. The second-order valence-electron chi connectivity index (χ2n) is 4.94. The maximum absolute atomic E-state index is 5.86. The molecule has 0 amide bonds. The quantitative estimate of drug-likeness (QED) is 0.778. The molecule has 0 atom stereocenters. The van der Waals surface area contributed by atoms with Crippen LogP contribution in [0.4, 0.5) is 5.82 Å². The fourth-order valence-electron chi connectivity index (χ4n) is 2.03. The van der Waals surface area contributed by atoms with Crippen molar-refractivity contribution >= 4 is 27.4 Å². The third kappa shape index (κ3) is 2.00. The molecule has 0 fully saturated rings. The number of aromatic nitrogens is 3. The second-order valence-corrected chi connectivity index (χ2v) is 6.00. The number of para-hydroxylation sites is 1. The molecular weight excluding hydrogens is 256 g/mol. The minimum absolute atomic E-state index is 0.444. The Balaban J connectivity index is 2.23. The summed E-state index contributed by atoms with van der Waals surface area (Å²) in [5.74, 6) is 1.10. The molecular formula is C14H16N4S. The van der Waals surface area contributed by atoms with Crippen LogP contribution in [0.5, 0.6) is 0 Å². The number of anilines is 1. The van der Waals surface area contributed by atoms with E-state index in [2.05, 4.69) is 25.0 Å². The van der Waals surface area contributed by atoms with E-state index >= 15 is 0 Å². The number of nitrogens with two attached hydrogens (primary N) is 1. The van der Waals surface area contributed by atoms with Gasteiger partial charge in [0.15, 0.2) is 0 Å². The lowest BCUT2D eigenvalue weighted by molar-refractivity contribution is 0.782. The molecule has 0 bridgehead atoms. The van der Waals surface area contributed by atoms with E-state index in [0.29, 0.717) is 11.7 Å². The van der Waals surface area contributed by atoms with Crippen molar-refractivity contribution in [2.75, 3.05) is 5.73 Å². The van der Waals surface area contributed by atoms with Crippen molar-refractivity contribution in [3.05, 3.63) is 29.3 Å². The predicted octanol–water partition coefficient (Wildman–Crippen LogP) is 3.40. The van der Waals surface area contributed by atoms with E-state index in [9.17, 15) is 0 Å². The van der Waals surface area contributed by atoms with Crippen LogP contribution in [0.25, 0.3) is 21.5 Å². The van der Waals surface area contributed by atoms with E-state index in [4.69, 9.17) is 10.7 Å². The Morgan fingerprint density at radius 2 is 2.11 bits per heavy atom. The molecule has 5 heteroatoms. The van der Waals surface area contributed by atoms with Crippen molar-refractivity contribution in [1.29, 1.82) is 0 Å². The van der Waals surface area contributed by atoms with Crippen LogP contribution in [-0.2, 0) is 7.05 Å². The first-order valence-electron chi connectivity index (χ1n) is 6.25. The molecule has 0 aliphatic rings. The number of nitrogen functional groups attached to an aromatic ring is 1. The first-order valence-corrected chi connectivity index (χ1v) is 7.07. The Morgan fingerprint density at radius 1 is 1.32 bits per heavy atom. The maximum atomic E-state index is 5.86. The molecule has 3 aromatic rings. The first kappa shape index (κ1) is 12.2. The third-order valence-electron chi connectivity index (χ3n) is 3.12. The Hall–Kier alpha value is -1.88. The average molecular weight is 272 g/mol. The van der Waals surface area contributed by atoms with Gasteiger partial charge in [-0.1, -0.05) is 26.0 Å². The molecule has 0 saturated heterocycles. The van der Waals surface area contributed by atoms with Gasteiger partial charge in [0, 0.05) is 24.6 Å². The van der Waals surface area contributed by atoms with Crippen LogP contribution in [0, 0.1) is 0 Å². The highest BCUT2D eigenvalue weighted by molar-refractivity contribution is 7.18. The van der Waals surface area contributed by atoms with Gasteiger partial charge < -0.3 is 5.73 Å². The summed E-state index contributed by atoms with van der Waals surface area (Å²) in [6, 6.07) is 8.09. The van der Waals surface area contributed by atoms with Crippen molar-refractivity contribution < 1.29 is 0 Å². The fourth-order valence-corrected chi connectivity index (χ4v) is 3.03. The van der Waals surface area contributed by atoms with Gasteiger partial charge in [-0.3, -0.25) is 4.68 Å². The standard InChI is InChI=1S/C14H16N4S/c1-8(2)14-16-13-9(5-4-6-11(13)19-14)10-7-12(15)18(3)17-10/h4-8H,15H2,1-3H3. The molecule has 2 aromatic heterocycles. The molecule has 2 N–H and O–H groups in total. The van der Waals surface area contributed by atoms with Gasteiger partial charge in [-0.2, -0.15) is 5.10 Å². The molecule has 0 saturated carbocycles. The zero-order valence-electron chi connectivity index (χ0n) is 11.2. The summed E-state index contributed by atoms with van der Waals surface area (Å²) < 4.78 is 2.88. The van der Waals surface area contributed by atoms with Gasteiger partial charge in [-0.25, -0.2) is 4.98 Å². The molecule has 1 aromatic carbocycles. The minimum Gasteiger partial charge on any atom is -0.384 e. The Morgan fingerprint density at radius 3 is 2.74 bits per heavy atom. The topological polar surface area (TPSA) is 56.7 Å². The number of hydrogen-bond acceptors (Lipinski definition) is 4. The first-order chi connectivity index (χ1) is 9.06. The number of hydrogen-bond donors (Lipinski definition) is 1. The van der Waals surface area contributed by atoms with Gasteiger partial charge in [0.1, 0.15) is 5.82 Å². The zero-order chi connectivity index (χ0) is 13.6. The Bertz CT molecular complexity index is 720. The zero-order valence-corrected chi connectivity index (χ0v) is 12.0. The van der Waals surface area contributed by atoms with Crippen molar-refractivity contribution in [2.45, 2.75) is 19.8 Å². The van der Waals surface area contributed by atoms with E-state index in [-0.39, 0.29) is 0 Å². The molecule has 0 unspecified atom stereocenters. The number of rotatable bonds is 2. The highest BCUT2D eigenvalue weighted by Gasteiger charge is 2.13. The molecule has 0 radical (unpaired) electrons. The summed E-state index contributed by atoms with van der Waals surface area (Å²) in [5, 5.41) is 5.60. The van der Waals surface area contributed by atoms with Gasteiger partial charge in [-0.05, 0) is 6.07 Å². The summed E-state index contributed by atoms with van der Waals surface area (Å²) >= 11 is 1.75. The summed E-state index contributed by atoms with van der Waals surface area (Å²) in [6.45, 7) is 4.33. The summed E-state index contributed by atoms with van der Waals surface area (Å²) in [6.07, 6.45) is 0. The lowest BCUT2D eigenvalue weighted by atomic mass is 10.1. The van der Waals surface area contributed by atoms with Crippen molar-refractivity contribution in [1.82, 2.24) is 14.8 Å². The van der Waals surface area contributed by atoms with E-state index in [0.717, 1.165) is 21.8 Å². The smallest absolute Gasteiger partial charge is 0.121 e. The van der Waals surface area contributed by atoms with Gasteiger partial charge in [-0.15, -0.1) is 11.3 Å². The van der Waals surface area contributed by atoms with Gasteiger partial charge in [0.25, 0.3) is 0 Å². The Kier molecular flexibility index (Phi) is 2.78. The van der Waals surface area contributed by atoms with Crippen LogP contribution >= 0.6 is 11.3 Å². The minimum atomic E-state index is 0.444. The molecule has 19 heavy (non-hydrogen) atoms. The molecule has 98 valence electrons. The normalized spacial score (nSPS) is 11.6. The second kappa shape index (κ2) is 4.35. The monoisotopic (exact) mass is 272 g/mol. The lowest BCUT2D eigenvalue weighted by Crippen LogP contribution is -1.96. The van der Waals surface area contributed by atoms with E-state index in [1.54, 1.807) is 16.0 Å². The molecule has 3 rings (SSSR count). The molecule has 0 spiro atoms. The van der Waals surface area contributed by atoms with E-state index < -0.39 is 0 Å². The predicted molar refractivity (Wildman–Crippen MR) is 80.3 cm³/mol. The van der Waals surface area contributed by atoms with Crippen LogP contribution in [0.1, 0.15) is 24.8 Å². The maximum Gasteiger partial charge on any atom is 0.121 e. The number of fused-ring (bicyclic) bond motifs is 1. The third-order valence-corrected chi connectivity index (χ3v) is 4.44. The largest absolute Gasteiger partial charge is 0.384 e. The SMILES string of the molecule is CC(C)c1nc2c(-c3cc(N)n(C)n3)cccc2s1. The highest BCUT2D eigenvalue weighted by atomic mass is 32.1. The molecule has 0 aliphatic heterocycles. The van der Waals surface area contributed by atoms with Crippen LogP contribution in [0.15, 0.2) is 24.3 Å². The molecule has 0 aliphatic carbocycles.